The number of fused-ring (bicyclic) bond motifs is 1. The van der Waals surface area contributed by atoms with Gasteiger partial charge in [-0.25, -0.2) is 4.39 Å². The summed E-state index contributed by atoms with van der Waals surface area (Å²) in [5.41, 5.74) is 0.909. The standard InChI is InChI=1S/C16H17FN2O3/c17-11-6-4-10(5-7-11)9-18-15(21)13-12-3-1-2-8-19(12)16(22)14(13)20/h4-7,12,20H,1-3,8-9H2,(H,18,21). The first-order chi connectivity index (χ1) is 10.6. The molecule has 0 saturated carbocycles. The zero-order valence-electron chi connectivity index (χ0n) is 12.0. The summed E-state index contributed by atoms with van der Waals surface area (Å²) in [5.74, 6) is -1.68. The number of aliphatic hydroxyl groups excluding tert-OH is 1. The van der Waals surface area contributed by atoms with E-state index in [-0.39, 0.29) is 24.0 Å². The summed E-state index contributed by atoms with van der Waals surface area (Å²) in [4.78, 5) is 25.8. The van der Waals surface area contributed by atoms with Crippen LogP contribution in [0, 0.1) is 5.82 Å². The maximum Gasteiger partial charge on any atom is 0.289 e. The normalized spacial score (nSPS) is 21.0. The first-order valence-corrected chi connectivity index (χ1v) is 7.34. The lowest BCUT2D eigenvalue weighted by molar-refractivity contribution is -0.130. The summed E-state index contributed by atoms with van der Waals surface area (Å²) < 4.78 is 12.8. The van der Waals surface area contributed by atoms with E-state index < -0.39 is 17.6 Å². The van der Waals surface area contributed by atoms with Crippen molar-refractivity contribution in [1.82, 2.24) is 10.2 Å². The molecular formula is C16H17FN2O3. The number of rotatable bonds is 3. The average molecular weight is 304 g/mol. The van der Waals surface area contributed by atoms with Crippen molar-refractivity contribution in [3.63, 3.8) is 0 Å². The highest BCUT2D eigenvalue weighted by Crippen LogP contribution is 2.31. The quantitative estimate of drug-likeness (QED) is 0.892. The van der Waals surface area contributed by atoms with Crippen LogP contribution in [-0.4, -0.2) is 34.4 Å². The number of carbonyl (C=O) groups excluding carboxylic acids is 2. The van der Waals surface area contributed by atoms with E-state index in [0.29, 0.717) is 13.0 Å². The van der Waals surface area contributed by atoms with Crippen LogP contribution >= 0.6 is 0 Å². The molecule has 0 aliphatic carbocycles. The summed E-state index contributed by atoms with van der Waals surface area (Å²) in [7, 11) is 0. The second-order valence-electron chi connectivity index (χ2n) is 5.58. The third-order valence-corrected chi connectivity index (χ3v) is 4.17. The van der Waals surface area contributed by atoms with E-state index in [4.69, 9.17) is 0 Å². The summed E-state index contributed by atoms with van der Waals surface area (Å²) in [6, 6.07) is 5.47. The summed E-state index contributed by atoms with van der Waals surface area (Å²) in [6.45, 7) is 0.791. The number of nitrogens with zero attached hydrogens (tertiary/aromatic N) is 1. The number of piperidine rings is 1. The van der Waals surface area contributed by atoms with E-state index in [2.05, 4.69) is 5.32 Å². The molecule has 116 valence electrons. The molecule has 6 heteroatoms. The molecular weight excluding hydrogens is 287 g/mol. The fraction of sp³-hybridized carbons (Fsp3) is 0.375. The van der Waals surface area contributed by atoms with E-state index in [1.54, 1.807) is 17.0 Å². The highest BCUT2D eigenvalue weighted by atomic mass is 19.1. The molecule has 2 aliphatic rings. The second-order valence-corrected chi connectivity index (χ2v) is 5.58. The van der Waals surface area contributed by atoms with Gasteiger partial charge in [0.2, 0.25) is 0 Å². The highest BCUT2D eigenvalue weighted by molar-refractivity contribution is 6.07. The third-order valence-electron chi connectivity index (χ3n) is 4.17. The van der Waals surface area contributed by atoms with Gasteiger partial charge in [-0.2, -0.15) is 0 Å². The summed E-state index contributed by atoms with van der Waals surface area (Å²) in [6.07, 6.45) is 2.51. The topological polar surface area (TPSA) is 69.6 Å². The molecule has 2 N–H and O–H groups in total. The van der Waals surface area contributed by atoms with Crippen LogP contribution in [0.5, 0.6) is 0 Å². The Labute approximate surface area is 127 Å². The summed E-state index contributed by atoms with van der Waals surface area (Å²) >= 11 is 0. The van der Waals surface area contributed by atoms with Crippen molar-refractivity contribution in [3.8, 4) is 0 Å². The Morgan fingerprint density at radius 2 is 2.05 bits per heavy atom. The summed E-state index contributed by atoms with van der Waals surface area (Å²) in [5, 5.41) is 12.7. The zero-order valence-corrected chi connectivity index (χ0v) is 12.0. The van der Waals surface area contributed by atoms with E-state index in [1.165, 1.54) is 12.1 Å². The van der Waals surface area contributed by atoms with E-state index in [0.717, 1.165) is 18.4 Å². The molecule has 1 unspecified atom stereocenters. The van der Waals surface area contributed by atoms with Crippen molar-refractivity contribution >= 4 is 11.8 Å². The number of carbonyl (C=O) groups is 2. The first-order valence-electron chi connectivity index (χ1n) is 7.34. The first kappa shape index (κ1) is 14.6. The van der Waals surface area contributed by atoms with Gasteiger partial charge >= 0.3 is 0 Å². The maximum atomic E-state index is 12.8. The Balaban J connectivity index is 1.71. The van der Waals surface area contributed by atoms with Crippen LogP contribution < -0.4 is 5.32 Å². The van der Waals surface area contributed by atoms with Crippen molar-refractivity contribution in [2.24, 2.45) is 0 Å². The Bertz CT molecular complexity index is 639. The lowest BCUT2D eigenvalue weighted by atomic mass is 9.97. The van der Waals surface area contributed by atoms with Crippen LogP contribution in [0.15, 0.2) is 35.6 Å². The molecule has 1 saturated heterocycles. The Morgan fingerprint density at radius 3 is 2.77 bits per heavy atom. The molecule has 2 amide bonds. The van der Waals surface area contributed by atoms with Gasteiger partial charge in [0, 0.05) is 13.1 Å². The molecule has 2 heterocycles. The van der Waals surface area contributed by atoms with Crippen LogP contribution in [0.25, 0.3) is 0 Å². The molecule has 5 nitrogen and oxygen atoms in total. The predicted molar refractivity (Wildman–Crippen MR) is 77.3 cm³/mol. The van der Waals surface area contributed by atoms with Gasteiger partial charge in [0.05, 0.1) is 11.6 Å². The van der Waals surface area contributed by atoms with Crippen LogP contribution in [-0.2, 0) is 16.1 Å². The lowest BCUT2D eigenvalue weighted by Crippen LogP contribution is -2.41. The number of benzene rings is 1. The number of hydrogen-bond donors (Lipinski definition) is 2. The molecule has 0 spiro atoms. The minimum atomic E-state index is -0.461. The molecule has 22 heavy (non-hydrogen) atoms. The van der Waals surface area contributed by atoms with Crippen LogP contribution in [0.2, 0.25) is 0 Å². The van der Waals surface area contributed by atoms with Crippen LogP contribution in [0.3, 0.4) is 0 Å². The Kier molecular flexibility index (Phi) is 3.83. The van der Waals surface area contributed by atoms with Gasteiger partial charge in [0.15, 0.2) is 5.76 Å². The number of aliphatic hydroxyl groups is 1. The molecule has 1 aromatic carbocycles. The van der Waals surface area contributed by atoms with Gasteiger partial charge in [0.25, 0.3) is 11.8 Å². The third kappa shape index (κ3) is 2.56. The molecule has 1 aromatic rings. The largest absolute Gasteiger partial charge is 0.503 e. The molecule has 1 atom stereocenters. The fourth-order valence-corrected chi connectivity index (χ4v) is 3.02. The molecule has 3 rings (SSSR count). The van der Waals surface area contributed by atoms with Gasteiger partial charge < -0.3 is 15.3 Å². The van der Waals surface area contributed by atoms with Gasteiger partial charge in [-0.15, -0.1) is 0 Å². The predicted octanol–water partition coefficient (Wildman–Crippen LogP) is 1.65. The molecule has 0 bridgehead atoms. The zero-order chi connectivity index (χ0) is 15.7. The van der Waals surface area contributed by atoms with Crippen molar-refractivity contribution < 1.29 is 19.1 Å². The minimum absolute atomic E-state index is 0.159. The second kappa shape index (κ2) is 5.79. The molecule has 0 aromatic heterocycles. The fourth-order valence-electron chi connectivity index (χ4n) is 3.02. The average Bonchev–Trinajstić information content (AvgIpc) is 2.79. The van der Waals surface area contributed by atoms with Crippen molar-refractivity contribution in [2.75, 3.05) is 6.54 Å². The Morgan fingerprint density at radius 1 is 1.32 bits per heavy atom. The van der Waals surface area contributed by atoms with Crippen molar-refractivity contribution in [1.29, 1.82) is 0 Å². The number of amides is 2. The minimum Gasteiger partial charge on any atom is -0.503 e. The van der Waals surface area contributed by atoms with Crippen LogP contribution in [0.4, 0.5) is 4.39 Å². The number of hydrogen-bond acceptors (Lipinski definition) is 3. The van der Waals surface area contributed by atoms with E-state index >= 15 is 0 Å². The lowest BCUT2D eigenvalue weighted by Gasteiger charge is -2.30. The van der Waals surface area contributed by atoms with Gasteiger partial charge in [-0.1, -0.05) is 12.1 Å². The molecule has 1 fully saturated rings. The highest BCUT2D eigenvalue weighted by Gasteiger charge is 2.43. The van der Waals surface area contributed by atoms with Crippen LogP contribution in [0.1, 0.15) is 24.8 Å². The van der Waals surface area contributed by atoms with Gasteiger partial charge in [-0.05, 0) is 37.0 Å². The van der Waals surface area contributed by atoms with Crippen molar-refractivity contribution in [3.05, 3.63) is 47.0 Å². The monoisotopic (exact) mass is 304 g/mol. The molecule has 0 radical (unpaired) electrons. The number of halogens is 1. The molecule has 2 aliphatic heterocycles. The van der Waals surface area contributed by atoms with E-state index in [9.17, 15) is 19.1 Å². The SMILES string of the molecule is O=C(NCc1ccc(F)cc1)C1=C(O)C(=O)N2CCCCC12. The Hall–Kier alpha value is -2.37. The van der Waals surface area contributed by atoms with E-state index in [1.807, 2.05) is 0 Å². The van der Waals surface area contributed by atoms with Gasteiger partial charge in [0.1, 0.15) is 5.82 Å². The smallest absolute Gasteiger partial charge is 0.289 e. The van der Waals surface area contributed by atoms with Gasteiger partial charge in [-0.3, -0.25) is 9.59 Å². The van der Waals surface area contributed by atoms with Crippen molar-refractivity contribution in [2.45, 2.75) is 31.8 Å². The number of nitrogens with one attached hydrogen (secondary N) is 1. The maximum absolute atomic E-state index is 12.8.